The molecule has 0 amide bonds. The van der Waals surface area contributed by atoms with Crippen LogP contribution < -0.4 is 9.47 Å². The third-order valence-corrected chi connectivity index (χ3v) is 2.77. The fourth-order valence-corrected chi connectivity index (χ4v) is 1.64. The van der Waals surface area contributed by atoms with Crippen LogP contribution in [0.3, 0.4) is 0 Å². The van der Waals surface area contributed by atoms with Gasteiger partial charge in [-0.3, -0.25) is 0 Å². The first-order valence-corrected chi connectivity index (χ1v) is 6.36. The number of nitriles is 1. The van der Waals surface area contributed by atoms with E-state index >= 15 is 0 Å². The van der Waals surface area contributed by atoms with E-state index in [0.29, 0.717) is 11.5 Å². The molecule has 112 valence electrons. The minimum Gasteiger partial charge on any atom is -0.479 e. The highest BCUT2D eigenvalue weighted by Crippen LogP contribution is 2.29. The zero-order chi connectivity index (χ0) is 16.1. The largest absolute Gasteiger partial charge is 0.479 e. The predicted octanol–water partition coefficient (Wildman–Crippen LogP) is 3.34. The average molecular weight is 301 g/mol. The van der Waals surface area contributed by atoms with Crippen molar-refractivity contribution in [1.29, 1.82) is 5.26 Å². The first kappa shape index (κ1) is 15.3. The van der Waals surface area contributed by atoms with Crippen LogP contribution in [-0.2, 0) is 4.79 Å². The van der Waals surface area contributed by atoms with Gasteiger partial charge < -0.3 is 14.6 Å². The third kappa shape index (κ3) is 3.73. The van der Waals surface area contributed by atoms with Crippen molar-refractivity contribution in [3.8, 4) is 23.3 Å². The monoisotopic (exact) mass is 301 g/mol. The number of benzene rings is 2. The molecule has 22 heavy (non-hydrogen) atoms. The van der Waals surface area contributed by atoms with Gasteiger partial charge in [0.25, 0.3) is 0 Å². The number of halogens is 1. The van der Waals surface area contributed by atoms with Crippen LogP contribution >= 0.6 is 0 Å². The Balaban J connectivity index is 2.24. The molecule has 6 heteroatoms. The fraction of sp³-hybridized carbons (Fsp3) is 0.125. The van der Waals surface area contributed by atoms with Crippen molar-refractivity contribution in [3.05, 3.63) is 53.8 Å². The van der Waals surface area contributed by atoms with Gasteiger partial charge in [-0.25, -0.2) is 9.18 Å². The Hall–Kier alpha value is -3.07. The Kier molecular flexibility index (Phi) is 4.59. The molecule has 0 aliphatic carbocycles. The van der Waals surface area contributed by atoms with E-state index in [4.69, 9.17) is 19.8 Å². The molecule has 2 aromatic carbocycles. The number of carboxylic acid groups (broad SMARTS) is 1. The zero-order valence-electron chi connectivity index (χ0n) is 11.6. The van der Waals surface area contributed by atoms with E-state index in [-0.39, 0.29) is 17.1 Å². The lowest BCUT2D eigenvalue weighted by atomic mass is 10.2. The van der Waals surface area contributed by atoms with Gasteiger partial charge in [0, 0.05) is 6.07 Å². The molecule has 0 spiro atoms. The summed E-state index contributed by atoms with van der Waals surface area (Å²) in [6.45, 7) is 1.36. The molecule has 1 unspecified atom stereocenters. The Morgan fingerprint density at radius 2 is 1.86 bits per heavy atom. The molecule has 2 rings (SSSR count). The van der Waals surface area contributed by atoms with Gasteiger partial charge in [0.15, 0.2) is 6.10 Å². The predicted molar refractivity (Wildman–Crippen MR) is 75.4 cm³/mol. The summed E-state index contributed by atoms with van der Waals surface area (Å²) in [7, 11) is 0. The van der Waals surface area contributed by atoms with Crippen molar-refractivity contribution in [2.24, 2.45) is 0 Å². The molecule has 0 aliphatic heterocycles. The number of carbonyl (C=O) groups is 1. The molecule has 1 atom stereocenters. The van der Waals surface area contributed by atoms with Gasteiger partial charge >= 0.3 is 5.97 Å². The Morgan fingerprint density at radius 1 is 1.23 bits per heavy atom. The molecule has 0 aromatic heterocycles. The van der Waals surface area contributed by atoms with E-state index in [1.54, 1.807) is 6.07 Å². The Morgan fingerprint density at radius 3 is 2.45 bits per heavy atom. The van der Waals surface area contributed by atoms with E-state index in [2.05, 4.69) is 0 Å². The first-order chi connectivity index (χ1) is 10.5. The van der Waals surface area contributed by atoms with Gasteiger partial charge in [-0.1, -0.05) is 0 Å². The summed E-state index contributed by atoms with van der Waals surface area (Å²) in [5.41, 5.74) is 0.194. The summed E-state index contributed by atoms with van der Waals surface area (Å²) in [6, 6.07) is 11.7. The number of hydrogen-bond acceptors (Lipinski definition) is 4. The molecule has 1 N–H and O–H groups in total. The van der Waals surface area contributed by atoms with Gasteiger partial charge in [-0.15, -0.1) is 0 Å². The topological polar surface area (TPSA) is 79.5 Å². The Bertz CT molecular complexity index is 722. The normalized spacial score (nSPS) is 11.3. The maximum Gasteiger partial charge on any atom is 0.344 e. The van der Waals surface area contributed by atoms with Crippen LogP contribution in [0.15, 0.2) is 42.5 Å². The fourth-order valence-electron chi connectivity index (χ4n) is 1.64. The maximum atomic E-state index is 12.8. The van der Waals surface area contributed by atoms with Crippen molar-refractivity contribution in [2.75, 3.05) is 0 Å². The van der Waals surface area contributed by atoms with Crippen molar-refractivity contribution in [3.63, 3.8) is 0 Å². The lowest BCUT2D eigenvalue weighted by Crippen LogP contribution is -2.23. The minimum absolute atomic E-state index is 0.108. The summed E-state index contributed by atoms with van der Waals surface area (Å²) in [6.07, 6.45) is -1.10. The van der Waals surface area contributed by atoms with Crippen LogP contribution in [0.4, 0.5) is 4.39 Å². The van der Waals surface area contributed by atoms with Crippen molar-refractivity contribution >= 4 is 5.97 Å². The van der Waals surface area contributed by atoms with Crippen LogP contribution in [-0.4, -0.2) is 17.2 Å². The van der Waals surface area contributed by atoms with E-state index in [9.17, 15) is 9.18 Å². The van der Waals surface area contributed by atoms with Crippen molar-refractivity contribution in [1.82, 2.24) is 0 Å². The van der Waals surface area contributed by atoms with Gasteiger partial charge in [-0.05, 0) is 43.3 Å². The molecule has 0 saturated carbocycles. The smallest absolute Gasteiger partial charge is 0.344 e. The molecule has 0 heterocycles. The molecule has 0 radical (unpaired) electrons. The molecule has 0 saturated heterocycles. The zero-order valence-corrected chi connectivity index (χ0v) is 11.6. The van der Waals surface area contributed by atoms with E-state index < -0.39 is 12.1 Å². The molecule has 0 aliphatic rings. The molecule has 0 bridgehead atoms. The SMILES string of the molecule is CC(Oc1cc(Oc2ccc(F)cc2)ccc1C#N)C(=O)O. The lowest BCUT2D eigenvalue weighted by Gasteiger charge is -2.13. The van der Waals surface area contributed by atoms with Crippen molar-refractivity contribution in [2.45, 2.75) is 13.0 Å². The summed E-state index contributed by atoms with van der Waals surface area (Å²) >= 11 is 0. The second-order valence-corrected chi connectivity index (χ2v) is 4.42. The average Bonchev–Trinajstić information content (AvgIpc) is 2.50. The van der Waals surface area contributed by atoms with Crippen LogP contribution in [0.5, 0.6) is 17.2 Å². The van der Waals surface area contributed by atoms with Gasteiger partial charge in [0.2, 0.25) is 0 Å². The number of aliphatic carboxylic acids is 1. The molecule has 2 aromatic rings. The second kappa shape index (κ2) is 6.59. The number of hydrogen-bond donors (Lipinski definition) is 1. The van der Waals surface area contributed by atoms with E-state index in [1.165, 1.54) is 43.3 Å². The molecule has 0 fully saturated rings. The minimum atomic E-state index is -1.14. The third-order valence-electron chi connectivity index (χ3n) is 2.77. The van der Waals surface area contributed by atoms with Crippen LogP contribution in [0, 0.1) is 17.1 Å². The van der Waals surface area contributed by atoms with Crippen molar-refractivity contribution < 1.29 is 23.8 Å². The second-order valence-electron chi connectivity index (χ2n) is 4.42. The quantitative estimate of drug-likeness (QED) is 0.916. The van der Waals surface area contributed by atoms with Gasteiger partial charge in [0.1, 0.15) is 29.1 Å². The first-order valence-electron chi connectivity index (χ1n) is 6.36. The summed E-state index contributed by atoms with van der Waals surface area (Å²) in [5.74, 6) is -0.668. The lowest BCUT2D eigenvalue weighted by molar-refractivity contribution is -0.144. The van der Waals surface area contributed by atoms with Crippen LogP contribution in [0.2, 0.25) is 0 Å². The summed E-state index contributed by atoms with van der Waals surface area (Å²) in [5, 5.41) is 17.9. The highest BCUT2D eigenvalue weighted by atomic mass is 19.1. The summed E-state index contributed by atoms with van der Waals surface area (Å²) < 4.78 is 23.6. The van der Waals surface area contributed by atoms with Gasteiger partial charge in [-0.2, -0.15) is 5.26 Å². The van der Waals surface area contributed by atoms with Gasteiger partial charge in [0.05, 0.1) is 5.56 Å². The van der Waals surface area contributed by atoms with Crippen LogP contribution in [0.1, 0.15) is 12.5 Å². The number of rotatable bonds is 5. The molecular formula is C16H12FNO4. The number of ether oxygens (including phenoxy) is 2. The van der Waals surface area contributed by atoms with E-state index in [0.717, 1.165) is 0 Å². The summed E-state index contributed by atoms with van der Waals surface area (Å²) in [4.78, 5) is 10.8. The van der Waals surface area contributed by atoms with E-state index in [1.807, 2.05) is 6.07 Å². The molecule has 5 nitrogen and oxygen atoms in total. The standard InChI is InChI=1S/C16H12FNO4/c1-10(16(19)20)21-15-8-14(5-2-11(15)9-18)22-13-6-3-12(17)4-7-13/h2-8,10H,1H3,(H,19,20). The van der Waals surface area contributed by atoms with Crippen LogP contribution in [0.25, 0.3) is 0 Å². The number of carboxylic acids is 1. The highest BCUT2D eigenvalue weighted by molar-refractivity contribution is 5.72. The highest BCUT2D eigenvalue weighted by Gasteiger charge is 2.15. The Labute approximate surface area is 126 Å². The maximum absolute atomic E-state index is 12.8. The molecular weight excluding hydrogens is 289 g/mol. The number of nitrogens with zero attached hydrogens (tertiary/aromatic N) is 1.